The quantitative estimate of drug-likeness (QED) is 0.557. The maximum atomic E-state index is 12.2. The monoisotopic (exact) mass is 348 g/mol. The van der Waals surface area contributed by atoms with Gasteiger partial charge in [0.25, 0.3) is 5.91 Å². The number of unbranched alkanes of at least 4 members (excludes halogenated alkanes) is 1. The molecule has 2 rings (SSSR count). The largest absolute Gasteiger partial charge is 0.271 e. The van der Waals surface area contributed by atoms with Crippen molar-refractivity contribution in [2.24, 2.45) is 5.10 Å². The maximum absolute atomic E-state index is 12.2. The molecule has 2 aromatic carbocycles. The third kappa shape index (κ3) is 5.08. The zero-order valence-electron chi connectivity index (χ0n) is 12.9. The number of rotatable bonds is 6. The van der Waals surface area contributed by atoms with Crippen LogP contribution in [0.3, 0.4) is 0 Å². The van der Waals surface area contributed by atoms with Gasteiger partial charge in [0.15, 0.2) is 0 Å². The normalized spacial score (nSPS) is 11.3. The van der Waals surface area contributed by atoms with Gasteiger partial charge in [0.1, 0.15) is 0 Å². The van der Waals surface area contributed by atoms with Crippen molar-refractivity contribution in [1.82, 2.24) is 5.43 Å². The van der Waals surface area contributed by atoms with Crippen LogP contribution in [0.15, 0.2) is 53.6 Å². The van der Waals surface area contributed by atoms with E-state index in [2.05, 4.69) is 17.5 Å². The lowest BCUT2D eigenvalue weighted by atomic mass is 10.1. The van der Waals surface area contributed by atoms with Crippen LogP contribution in [0.5, 0.6) is 0 Å². The Morgan fingerprint density at radius 1 is 1.04 bits per heavy atom. The lowest BCUT2D eigenvalue weighted by molar-refractivity contribution is 0.0955. The van der Waals surface area contributed by atoms with Gasteiger partial charge in [-0.05, 0) is 36.6 Å². The SMILES string of the molecule is CCCCC(=NNC(=O)c1ccc(Cl)c(Cl)c1)c1ccccc1. The molecule has 0 aliphatic carbocycles. The first-order valence-electron chi connectivity index (χ1n) is 7.49. The topological polar surface area (TPSA) is 41.5 Å². The van der Waals surface area contributed by atoms with E-state index in [4.69, 9.17) is 23.2 Å². The van der Waals surface area contributed by atoms with Crippen LogP contribution in [0.2, 0.25) is 10.0 Å². The maximum Gasteiger partial charge on any atom is 0.271 e. The number of benzene rings is 2. The van der Waals surface area contributed by atoms with E-state index in [1.54, 1.807) is 12.1 Å². The molecule has 0 radical (unpaired) electrons. The summed E-state index contributed by atoms with van der Waals surface area (Å²) < 4.78 is 0. The van der Waals surface area contributed by atoms with Crippen molar-refractivity contribution in [3.8, 4) is 0 Å². The summed E-state index contributed by atoms with van der Waals surface area (Å²) in [5.74, 6) is -0.312. The molecule has 120 valence electrons. The number of nitrogens with one attached hydrogen (secondary N) is 1. The number of hydrogen-bond donors (Lipinski definition) is 1. The van der Waals surface area contributed by atoms with Gasteiger partial charge in [-0.25, -0.2) is 5.43 Å². The summed E-state index contributed by atoms with van der Waals surface area (Å²) in [6.07, 6.45) is 2.88. The summed E-state index contributed by atoms with van der Waals surface area (Å²) in [4.78, 5) is 12.2. The Labute approximate surface area is 146 Å². The number of carbonyl (C=O) groups excluding carboxylic acids is 1. The van der Waals surface area contributed by atoms with Crippen LogP contribution >= 0.6 is 23.2 Å². The van der Waals surface area contributed by atoms with Crippen LogP contribution in [0.25, 0.3) is 0 Å². The van der Waals surface area contributed by atoms with Crippen LogP contribution in [0.1, 0.15) is 42.1 Å². The Morgan fingerprint density at radius 3 is 2.43 bits per heavy atom. The summed E-state index contributed by atoms with van der Waals surface area (Å²) in [6, 6.07) is 14.6. The molecule has 2 aromatic rings. The number of halogens is 2. The second-order valence-electron chi connectivity index (χ2n) is 5.10. The third-order valence-corrected chi connectivity index (χ3v) is 4.09. The highest BCUT2D eigenvalue weighted by atomic mass is 35.5. The molecule has 0 bridgehead atoms. The van der Waals surface area contributed by atoms with Gasteiger partial charge in [0, 0.05) is 5.56 Å². The zero-order valence-corrected chi connectivity index (χ0v) is 14.4. The Morgan fingerprint density at radius 2 is 1.78 bits per heavy atom. The highest BCUT2D eigenvalue weighted by molar-refractivity contribution is 6.42. The summed E-state index contributed by atoms with van der Waals surface area (Å²) in [5, 5.41) is 5.06. The lowest BCUT2D eigenvalue weighted by Crippen LogP contribution is -2.20. The van der Waals surface area contributed by atoms with Gasteiger partial charge in [-0.2, -0.15) is 5.10 Å². The molecule has 3 nitrogen and oxygen atoms in total. The standard InChI is InChI=1S/C18H18Cl2N2O/c1-2-3-9-17(13-7-5-4-6-8-13)21-22-18(23)14-10-11-15(19)16(20)12-14/h4-8,10-12H,2-3,9H2,1H3,(H,22,23). The molecule has 0 aliphatic rings. The number of carbonyl (C=O) groups is 1. The van der Waals surface area contributed by atoms with Crippen molar-refractivity contribution in [3.63, 3.8) is 0 Å². The minimum absolute atomic E-state index is 0.312. The van der Waals surface area contributed by atoms with Gasteiger partial charge in [0.05, 0.1) is 15.8 Å². The smallest absolute Gasteiger partial charge is 0.267 e. The molecule has 1 amide bonds. The molecular weight excluding hydrogens is 331 g/mol. The highest BCUT2D eigenvalue weighted by Gasteiger charge is 2.09. The van der Waals surface area contributed by atoms with E-state index < -0.39 is 0 Å². The van der Waals surface area contributed by atoms with Crippen molar-refractivity contribution >= 4 is 34.8 Å². The summed E-state index contributed by atoms with van der Waals surface area (Å²) in [7, 11) is 0. The van der Waals surface area contributed by atoms with Crippen LogP contribution in [-0.4, -0.2) is 11.6 Å². The lowest BCUT2D eigenvalue weighted by Gasteiger charge is -2.07. The first-order valence-corrected chi connectivity index (χ1v) is 8.24. The first kappa shape index (κ1) is 17.5. The predicted octanol–water partition coefficient (Wildman–Crippen LogP) is 5.32. The molecule has 23 heavy (non-hydrogen) atoms. The van der Waals surface area contributed by atoms with Crippen molar-refractivity contribution in [2.45, 2.75) is 26.2 Å². The Kier molecular flexibility index (Phi) is 6.63. The molecule has 0 saturated carbocycles. The van der Waals surface area contributed by atoms with Crippen molar-refractivity contribution < 1.29 is 4.79 Å². The number of hydrazone groups is 1. The Hall–Kier alpha value is -1.84. The fourth-order valence-electron chi connectivity index (χ4n) is 2.06. The number of amides is 1. The highest BCUT2D eigenvalue weighted by Crippen LogP contribution is 2.22. The molecular formula is C18H18Cl2N2O. The van der Waals surface area contributed by atoms with Gasteiger partial charge >= 0.3 is 0 Å². The molecule has 0 fully saturated rings. The van der Waals surface area contributed by atoms with Crippen molar-refractivity contribution in [3.05, 3.63) is 69.7 Å². The Balaban J connectivity index is 2.15. The minimum atomic E-state index is -0.312. The fourth-order valence-corrected chi connectivity index (χ4v) is 2.36. The van der Waals surface area contributed by atoms with Crippen LogP contribution < -0.4 is 5.43 Å². The average molecular weight is 349 g/mol. The van der Waals surface area contributed by atoms with E-state index in [1.165, 1.54) is 6.07 Å². The van der Waals surface area contributed by atoms with Crippen molar-refractivity contribution in [1.29, 1.82) is 0 Å². The number of hydrogen-bond acceptors (Lipinski definition) is 2. The van der Waals surface area contributed by atoms with E-state index in [-0.39, 0.29) is 5.91 Å². The number of nitrogens with zero attached hydrogens (tertiary/aromatic N) is 1. The minimum Gasteiger partial charge on any atom is -0.267 e. The first-order chi connectivity index (χ1) is 11.1. The fraction of sp³-hybridized carbons (Fsp3) is 0.222. The summed E-state index contributed by atoms with van der Waals surface area (Å²) in [6.45, 7) is 2.12. The van der Waals surface area contributed by atoms with Gasteiger partial charge in [-0.1, -0.05) is 66.9 Å². The molecule has 0 heterocycles. The molecule has 0 spiro atoms. The molecule has 0 atom stereocenters. The average Bonchev–Trinajstić information content (AvgIpc) is 2.58. The second kappa shape index (κ2) is 8.70. The Bertz CT molecular complexity index is 699. The summed E-state index contributed by atoms with van der Waals surface area (Å²) in [5.41, 5.74) is 4.89. The zero-order chi connectivity index (χ0) is 16.7. The van der Waals surface area contributed by atoms with Gasteiger partial charge in [0.2, 0.25) is 0 Å². The molecule has 1 N–H and O–H groups in total. The summed E-state index contributed by atoms with van der Waals surface area (Å²) >= 11 is 11.8. The van der Waals surface area contributed by atoms with Gasteiger partial charge < -0.3 is 0 Å². The third-order valence-electron chi connectivity index (χ3n) is 3.35. The molecule has 5 heteroatoms. The molecule has 0 aliphatic heterocycles. The molecule has 0 aromatic heterocycles. The van der Waals surface area contributed by atoms with Gasteiger partial charge in [-0.15, -0.1) is 0 Å². The van der Waals surface area contributed by atoms with E-state index in [0.29, 0.717) is 15.6 Å². The van der Waals surface area contributed by atoms with Crippen molar-refractivity contribution in [2.75, 3.05) is 0 Å². The van der Waals surface area contributed by atoms with E-state index in [1.807, 2.05) is 30.3 Å². The second-order valence-corrected chi connectivity index (χ2v) is 5.91. The van der Waals surface area contributed by atoms with Crippen LogP contribution in [-0.2, 0) is 0 Å². The van der Waals surface area contributed by atoms with E-state index in [9.17, 15) is 4.79 Å². The van der Waals surface area contributed by atoms with E-state index >= 15 is 0 Å². The predicted molar refractivity (Wildman–Crippen MR) is 96.4 cm³/mol. The van der Waals surface area contributed by atoms with Gasteiger partial charge in [-0.3, -0.25) is 4.79 Å². The van der Waals surface area contributed by atoms with Crippen LogP contribution in [0, 0.1) is 0 Å². The van der Waals surface area contributed by atoms with Crippen LogP contribution in [0.4, 0.5) is 0 Å². The molecule has 0 unspecified atom stereocenters. The molecule has 0 saturated heterocycles. The van der Waals surface area contributed by atoms with E-state index in [0.717, 1.165) is 30.5 Å².